The average molecular weight is 313 g/mol. The van der Waals surface area contributed by atoms with Crippen molar-refractivity contribution >= 4 is 5.91 Å². The van der Waals surface area contributed by atoms with Crippen molar-refractivity contribution in [3.8, 4) is 11.5 Å². The monoisotopic (exact) mass is 313 g/mol. The van der Waals surface area contributed by atoms with E-state index in [1.807, 2.05) is 57.2 Å². The Kier molecular flexibility index (Phi) is 5.63. The van der Waals surface area contributed by atoms with Crippen LogP contribution in [0.4, 0.5) is 0 Å². The number of carbonyl (C=O) groups excluding carboxylic acids is 1. The third-order valence-corrected chi connectivity index (χ3v) is 3.55. The highest BCUT2D eigenvalue weighted by molar-refractivity contribution is 5.78. The van der Waals surface area contributed by atoms with E-state index in [0.29, 0.717) is 5.75 Å². The molecule has 0 aromatic heterocycles. The number of para-hydroxylation sites is 1. The second-order valence-electron chi connectivity index (χ2n) is 5.64. The number of nitrogens with one attached hydrogen (secondary N) is 1. The Bertz CT molecular complexity index is 662. The predicted octanol–water partition coefficient (Wildman–Crippen LogP) is 3.57. The van der Waals surface area contributed by atoms with Gasteiger partial charge in [-0.25, -0.2) is 0 Å². The van der Waals surface area contributed by atoms with E-state index in [0.717, 1.165) is 22.4 Å². The Labute approximate surface area is 137 Å². The minimum atomic E-state index is -0.164. The van der Waals surface area contributed by atoms with Gasteiger partial charge >= 0.3 is 0 Å². The Morgan fingerprint density at radius 2 is 1.78 bits per heavy atom. The van der Waals surface area contributed by atoms with Crippen molar-refractivity contribution in [1.29, 1.82) is 0 Å². The zero-order valence-corrected chi connectivity index (χ0v) is 14.1. The molecule has 0 radical (unpaired) electrons. The molecule has 0 fully saturated rings. The third-order valence-electron chi connectivity index (χ3n) is 3.55. The summed E-state index contributed by atoms with van der Waals surface area (Å²) >= 11 is 0. The molecule has 0 bridgehead atoms. The molecule has 0 unspecified atom stereocenters. The topological polar surface area (TPSA) is 47.6 Å². The van der Waals surface area contributed by atoms with E-state index in [1.54, 1.807) is 7.11 Å². The van der Waals surface area contributed by atoms with Gasteiger partial charge in [-0.05, 0) is 50.1 Å². The smallest absolute Gasteiger partial charge is 0.258 e. The summed E-state index contributed by atoms with van der Waals surface area (Å²) in [6.45, 7) is 5.92. The quantitative estimate of drug-likeness (QED) is 0.887. The lowest BCUT2D eigenvalue weighted by molar-refractivity contribution is -0.123. The summed E-state index contributed by atoms with van der Waals surface area (Å²) in [5.74, 6) is 1.31. The third kappa shape index (κ3) is 4.74. The maximum atomic E-state index is 12.1. The van der Waals surface area contributed by atoms with Crippen LogP contribution in [0.15, 0.2) is 42.5 Å². The number of hydrogen-bond donors (Lipinski definition) is 1. The van der Waals surface area contributed by atoms with E-state index in [4.69, 9.17) is 9.47 Å². The molecule has 0 saturated carbocycles. The highest BCUT2D eigenvalue weighted by Crippen LogP contribution is 2.24. The molecule has 4 heteroatoms. The molecule has 0 aliphatic rings. The molecular formula is C19H23NO3. The van der Waals surface area contributed by atoms with E-state index < -0.39 is 0 Å². The van der Waals surface area contributed by atoms with E-state index in [-0.39, 0.29) is 18.6 Å². The van der Waals surface area contributed by atoms with Gasteiger partial charge in [0.2, 0.25) is 0 Å². The number of rotatable bonds is 6. The number of benzene rings is 2. The molecule has 23 heavy (non-hydrogen) atoms. The van der Waals surface area contributed by atoms with Gasteiger partial charge in [-0.2, -0.15) is 0 Å². The molecule has 1 amide bonds. The summed E-state index contributed by atoms with van der Waals surface area (Å²) in [5.41, 5.74) is 3.17. The molecule has 1 atom stereocenters. The molecule has 0 saturated heterocycles. The number of aryl methyl sites for hydroxylation is 2. The fraction of sp³-hybridized carbons (Fsp3) is 0.316. The number of methoxy groups -OCH3 is 1. The van der Waals surface area contributed by atoms with Crippen LogP contribution >= 0.6 is 0 Å². The minimum Gasteiger partial charge on any atom is -0.496 e. The maximum Gasteiger partial charge on any atom is 0.258 e. The van der Waals surface area contributed by atoms with E-state index >= 15 is 0 Å². The van der Waals surface area contributed by atoms with Gasteiger partial charge in [0.15, 0.2) is 6.61 Å². The van der Waals surface area contributed by atoms with E-state index in [1.165, 1.54) is 0 Å². The van der Waals surface area contributed by atoms with Crippen molar-refractivity contribution < 1.29 is 14.3 Å². The van der Waals surface area contributed by atoms with Gasteiger partial charge in [0.25, 0.3) is 5.91 Å². The molecule has 122 valence electrons. The van der Waals surface area contributed by atoms with Crippen LogP contribution < -0.4 is 14.8 Å². The Morgan fingerprint density at radius 3 is 2.43 bits per heavy atom. The predicted molar refractivity (Wildman–Crippen MR) is 91.0 cm³/mol. The second-order valence-corrected chi connectivity index (χ2v) is 5.64. The van der Waals surface area contributed by atoms with Crippen molar-refractivity contribution in [2.45, 2.75) is 26.8 Å². The van der Waals surface area contributed by atoms with Crippen LogP contribution in [0, 0.1) is 13.8 Å². The van der Waals surface area contributed by atoms with Crippen molar-refractivity contribution in [1.82, 2.24) is 5.32 Å². The lowest BCUT2D eigenvalue weighted by Crippen LogP contribution is -2.31. The van der Waals surface area contributed by atoms with Crippen LogP contribution in [0.2, 0.25) is 0 Å². The molecule has 0 spiro atoms. The second kappa shape index (κ2) is 7.68. The highest BCUT2D eigenvalue weighted by atomic mass is 16.5. The van der Waals surface area contributed by atoms with Gasteiger partial charge < -0.3 is 14.8 Å². The Balaban J connectivity index is 1.94. The van der Waals surface area contributed by atoms with Crippen molar-refractivity contribution in [2.24, 2.45) is 0 Å². The first kappa shape index (κ1) is 16.9. The molecule has 4 nitrogen and oxygen atoms in total. The molecule has 0 aliphatic heterocycles. The van der Waals surface area contributed by atoms with Gasteiger partial charge in [0.05, 0.1) is 13.2 Å². The first-order chi connectivity index (χ1) is 11.0. The van der Waals surface area contributed by atoms with Crippen LogP contribution in [0.25, 0.3) is 0 Å². The number of ether oxygens (including phenoxy) is 2. The average Bonchev–Trinajstić information content (AvgIpc) is 2.52. The van der Waals surface area contributed by atoms with Gasteiger partial charge in [-0.15, -0.1) is 0 Å². The van der Waals surface area contributed by atoms with Crippen LogP contribution in [-0.4, -0.2) is 19.6 Å². The fourth-order valence-electron chi connectivity index (χ4n) is 2.55. The standard InChI is InChI=1S/C19H23NO3/c1-13-9-14(2)11-16(10-13)23-12-19(21)20-15(3)17-7-5-6-8-18(17)22-4/h5-11,15H,12H2,1-4H3,(H,20,21)/t15-/m0/s1. The van der Waals surface area contributed by atoms with Gasteiger partial charge in [-0.1, -0.05) is 24.3 Å². The minimum absolute atomic E-state index is 0.0115. The summed E-state index contributed by atoms with van der Waals surface area (Å²) in [4.78, 5) is 12.1. The number of hydrogen-bond acceptors (Lipinski definition) is 3. The van der Waals surface area contributed by atoms with Crippen LogP contribution in [-0.2, 0) is 4.79 Å². The zero-order chi connectivity index (χ0) is 16.8. The van der Waals surface area contributed by atoms with Crippen molar-refractivity contribution in [2.75, 3.05) is 13.7 Å². The van der Waals surface area contributed by atoms with Gasteiger partial charge in [-0.3, -0.25) is 4.79 Å². The number of carbonyl (C=O) groups is 1. The Hall–Kier alpha value is -2.49. The first-order valence-electron chi connectivity index (χ1n) is 7.63. The molecular weight excluding hydrogens is 290 g/mol. The lowest BCUT2D eigenvalue weighted by Gasteiger charge is -2.17. The van der Waals surface area contributed by atoms with Crippen LogP contribution in [0.3, 0.4) is 0 Å². The lowest BCUT2D eigenvalue weighted by atomic mass is 10.1. The van der Waals surface area contributed by atoms with E-state index in [2.05, 4.69) is 11.4 Å². The number of amides is 1. The summed E-state index contributed by atoms with van der Waals surface area (Å²) in [6, 6.07) is 13.4. The molecule has 0 heterocycles. The van der Waals surface area contributed by atoms with Crippen LogP contribution in [0.1, 0.15) is 29.7 Å². The molecule has 1 N–H and O–H groups in total. The Morgan fingerprint density at radius 1 is 1.13 bits per heavy atom. The summed E-state index contributed by atoms with van der Waals surface area (Å²) in [5, 5.41) is 2.93. The van der Waals surface area contributed by atoms with Crippen molar-refractivity contribution in [3.63, 3.8) is 0 Å². The molecule has 2 aromatic carbocycles. The van der Waals surface area contributed by atoms with Crippen LogP contribution in [0.5, 0.6) is 11.5 Å². The fourth-order valence-corrected chi connectivity index (χ4v) is 2.55. The normalized spacial score (nSPS) is 11.7. The van der Waals surface area contributed by atoms with Gasteiger partial charge in [0.1, 0.15) is 11.5 Å². The maximum absolute atomic E-state index is 12.1. The molecule has 2 aromatic rings. The van der Waals surface area contributed by atoms with Gasteiger partial charge in [0, 0.05) is 5.56 Å². The van der Waals surface area contributed by atoms with Crippen molar-refractivity contribution in [3.05, 3.63) is 59.2 Å². The van der Waals surface area contributed by atoms with E-state index in [9.17, 15) is 4.79 Å². The molecule has 0 aliphatic carbocycles. The SMILES string of the molecule is COc1ccccc1[C@H](C)NC(=O)COc1cc(C)cc(C)c1. The molecule has 2 rings (SSSR count). The highest BCUT2D eigenvalue weighted by Gasteiger charge is 2.14. The first-order valence-corrected chi connectivity index (χ1v) is 7.63. The zero-order valence-electron chi connectivity index (χ0n) is 14.1. The summed E-state index contributed by atoms with van der Waals surface area (Å²) in [7, 11) is 1.62. The largest absolute Gasteiger partial charge is 0.496 e. The summed E-state index contributed by atoms with van der Waals surface area (Å²) in [6.07, 6.45) is 0. The summed E-state index contributed by atoms with van der Waals surface area (Å²) < 4.78 is 10.9.